The lowest BCUT2D eigenvalue weighted by molar-refractivity contribution is 0.0739. The van der Waals surface area contributed by atoms with Crippen molar-refractivity contribution < 1.29 is 18.7 Å². The number of rotatable bonds is 6. The van der Waals surface area contributed by atoms with Crippen molar-refractivity contribution in [2.75, 3.05) is 7.11 Å². The van der Waals surface area contributed by atoms with E-state index in [1.54, 1.807) is 50.6 Å². The van der Waals surface area contributed by atoms with Crippen molar-refractivity contribution in [3.8, 4) is 28.7 Å². The number of nitrogens with zero attached hydrogens (tertiary/aromatic N) is 4. The summed E-state index contributed by atoms with van der Waals surface area (Å²) >= 11 is 1.30. The van der Waals surface area contributed by atoms with Crippen LogP contribution in [0.3, 0.4) is 0 Å². The number of benzene rings is 1. The fourth-order valence-electron chi connectivity index (χ4n) is 2.74. The van der Waals surface area contributed by atoms with Crippen LogP contribution < -0.4 is 4.74 Å². The van der Waals surface area contributed by atoms with Gasteiger partial charge in [-0.1, -0.05) is 0 Å². The van der Waals surface area contributed by atoms with Gasteiger partial charge >= 0.3 is 6.01 Å². The maximum atomic E-state index is 13.3. The second kappa shape index (κ2) is 8.44. The molecule has 0 fully saturated rings. The minimum Gasteiger partial charge on any atom is -0.467 e. The van der Waals surface area contributed by atoms with Crippen molar-refractivity contribution >= 4 is 11.8 Å². The largest absolute Gasteiger partial charge is 0.467 e. The Morgan fingerprint density at radius 3 is 2.23 bits per heavy atom. The predicted molar refractivity (Wildman–Crippen MR) is 113 cm³/mol. The van der Waals surface area contributed by atoms with E-state index >= 15 is 0 Å². The highest BCUT2D eigenvalue weighted by atomic mass is 32.2. The molecule has 4 rings (SSSR count). The van der Waals surface area contributed by atoms with E-state index in [9.17, 15) is 9.50 Å². The first-order valence-electron chi connectivity index (χ1n) is 9.33. The Labute approximate surface area is 182 Å². The lowest BCUT2D eigenvalue weighted by atomic mass is 10.0. The molecule has 0 aliphatic heterocycles. The molecule has 0 spiro atoms. The molecule has 4 aromatic rings. The number of ether oxygens (including phenoxy) is 1. The fraction of sp³-hybridized carbons (Fsp3) is 0.182. The van der Waals surface area contributed by atoms with Crippen LogP contribution in [-0.2, 0) is 5.60 Å². The highest BCUT2D eigenvalue weighted by Crippen LogP contribution is 2.39. The molecule has 0 radical (unpaired) electrons. The van der Waals surface area contributed by atoms with E-state index in [-0.39, 0.29) is 11.8 Å². The molecule has 0 atom stereocenters. The van der Waals surface area contributed by atoms with Gasteiger partial charge in [0, 0.05) is 29.7 Å². The zero-order valence-electron chi connectivity index (χ0n) is 17.0. The van der Waals surface area contributed by atoms with Crippen molar-refractivity contribution in [2.24, 2.45) is 0 Å². The first-order valence-corrected chi connectivity index (χ1v) is 10.1. The Balaban J connectivity index is 1.74. The maximum absolute atomic E-state index is 13.3. The second-order valence-corrected chi connectivity index (χ2v) is 8.21. The number of pyridine rings is 1. The molecule has 3 aromatic heterocycles. The summed E-state index contributed by atoms with van der Waals surface area (Å²) in [5.41, 5.74) is 1.40. The molecule has 1 aromatic carbocycles. The number of hydrogen-bond acceptors (Lipinski definition) is 8. The third-order valence-corrected chi connectivity index (χ3v) is 5.26. The summed E-state index contributed by atoms with van der Waals surface area (Å²) in [6.07, 6.45) is 4.88. The van der Waals surface area contributed by atoms with E-state index < -0.39 is 5.60 Å². The molecular weight excluding hydrogens is 419 g/mol. The molecular formula is C22H19FN4O3S. The zero-order valence-corrected chi connectivity index (χ0v) is 17.9. The highest BCUT2D eigenvalue weighted by Gasteiger charge is 2.21. The van der Waals surface area contributed by atoms with Crippen molar-refractivity contribution in [1.82, 2.24) is 19.9 Å². The van der Waals surface area contributed by atoms with Crippen LogP contribution in [0.5, 0.6) is 6.01 Å². The molecule has 0 unspecified atom stereocenters. The van der Waals surface area contributed by atoms with Crippen molar-refractivity contribution in [2.45, 2.75) is 29.4 Å². The normalized spacial score (nSPS) is 11.5. The topological polar surface area (TPSA) is 94.2 Å². The Kier molecular flexibility index (Phi) is 5.71. The SMILES string of the molecule is COc1ncc(Sc2oc(-c3ccc(F)cc3)nc2-c2ccc(C(C)(C)O)nc2)cn1. The number of aliphatic hydroxyl groups is 1. The van der Waals surface area contributed by atoms with Gasteiger partial charge in [0.2, 0.25) is 5.89 Å². The van der Waals surface area contributed by atoms with Crippen LogP contribution in [0, 0.1) is 5.82 Å². The molecule has 0 saturated carbocycles. The summed E-state index contributed by atoms with van der Waals surface area (Å²) in [6, 6.07) is 9.73. The van der Waals surface area contributed by atoms with E-state index in [2.05, 4.69) is 19.9 Å². The van der Waals surface area contributed by atoms with Crippen LogP contribution in [0.2, 0.25) is 0 Å². The first-order chi connectivity index (χ1) is 14.8. The smallest absolute Gasteiger partial charge is 0.316 e. The van der Waals surface area contributed by atoms with Crippen LogP contribution in [0.25, 0.3) is 22.7 Å². The summed E-state index contributed by atoms with van der Waals surface area (Å²) in [7, 11) is 1.50. The third kappa shape index (κ3) is 4.73. The van der Waals surface area contributed by atoms with E-state index in [1.807, 2.05) is 6.07 Å². The van der Waals surface area contributed by atoms with E-state index in [1.165, 1.54) is 31.0 Å². The van der Waals surface area contributed by atoms with Gasteiger partial charge < -0.3 is 14.3 Å². The van der Waals surface area contributed by atoms with Crippen molar-refractivity contribution in [1.29, 1.82) is 0 Å². The van der Waals surface area contributed by atoms with E-state index in [0.29, 0.717) is 33.5 Å². The molecule has 0 saturated heterocycles. The third-order valence-electron chi connectivity index (χ3n) is 4.35. The molecule has 0 bridgehead atoms. The monoisotopic (exact) mass is 438 g/mol. The highest BCUT2D eigenvalue weighted by molar-refractivity contribution is 7.99. The Morgan fingerprint density at radius 2 is 1.65 bits per heavy atom. The van der Waals surface area contributed by atoms with Gasteiger partial charge in [-0.2, -0.15) is 0 Å². The van der Waals surface area contributed by atoms with E-state index in [0.717, 1.165) is 4.90 Å². The van der Waals surface area contributed by atoms with Gasteiger partial charge in [-0.3, -0.25) is 4.98 Å². The van der Waals surface area contributed by atoms with Gasteiger partial charge in [0.15, 0.2) is 5.09 Å². The van der Waals surface area contributed by atoms with Gasteiger partial charge in [0.05, 0.1) is 17.7 Å². The first kappa shape index (κ1) is 21.0. The minimum atomic E-state index is -1.06. The van der Waals surface area contributed by atoms with Gasteiger partial charge in [0.1, 0.15) is 17.1 Å². The summed E-state index contributed by atoms with van der Waals surface area (Å²) in [6.45, 7) is 3.34. The van der Waals surface area contributed by atoms with Crippen LogP contribution in [0.15, 0.2) is 69.4 Å². The standard InChI is InChI=1S/C22H19FN4O3S/c1-22(2,28)17-9-6-14(10-24-17)18-20(31-16-11-25-21(29-3)26-12-16)30-19(27-18)13-4-7-15(23)8-5-13/h4-12,28H,1-3H3. The van der Waals surface area contributed by atoms with Crippen molar-refractivity contribution in [3.05, 3.63) is 66.5 Å². The van der Waals surface area contributed by atoms with Gasteiger partial charge in [0.25, 0.3) is 0 Å². The van der Waals surface area contributed by atoms with Crippen LogP contribution in [0.4, 0.5) is 4.39 Å². The predicted octanol–water partition coefficient (Wildman–Crippen LogP) is 4.72. The quantitative estimate of drug-likeness (QED) is 0.462. The lowest BCUT2D eigenvalue weighted by Crippen LogP contribution is -2.17. The Bertz CT molecular complexity index is 1170. The number of aromatic nitrogens is 4. The summed E-state index contributed by atoms with van der Waals surface area (Å²) in [4.78, 5) is 17.9. The summed E-state index contributed by atoms with van der Waals surface area (Å²) in [5, 5.41) is 10.7. The Hall–Kier alpha value is -3.30. The second-order valence-electron chi connectivity index (χ2n) is 7.16. The number of hydrogen-bond donors (Lipinski definition) is 1. The average molecular weight is 438 g/mol. The summed E-state index contributed by atoms with van der Waals surface area (Å²) < 4.78 is 24.3. The molecule has 0 aliphatic carbocycles. The minimum absolute atomic E-state index is 0.264. The molecule has 0 amide bonds. The number of oxazole rings is 1. The van der Waals surface area contributed by atoms with Gasteiger partial charge in [-0.25, -0.2) is 19.3 Å². The van der Waals surface area contributed by atoms with Crippen LogP contribution >= 0.6 is 11.8 Å². The molecule has 1 N–H and O–H groups in total. The Morgan fingerprint density at radius 1 is 0.968 bits per heavy atom. The van der Waals surface area contributed by atoms with Gasteiger partial charge in [-0.15, -0.1) is 0 Å². The van der Waals surface area contributed by atoms with E-state index in [4.69, 9.17) is 9.15 Å². The maximum Gasteiger partial charge on any atom is 0.316 e. The van der Waals surface area contributed by atoms with Gasteiger partial charge in [-0.05, 0) is 62.0 Å². The molecule has 31 heavy (non-hydrogen) atoms. The zero-order chi connectivity index (χ0) is 22.0. The average Bonchev–Trinajstić information content (AvgIpc) is 3.18. The van der Waals surface area contributed by atoms with Crippen LogP contribution in [0.1, 0.15) is 19.5 Å². The summed E-state index contributed by atoms with van der Waals surface area (Å²) in [5.74, 6) is 0.00501. The molecule has 7 nitrogen and oxygen atoms in total. The molecule has 158 valence electrons. The number of methoxy groups -OCH3 is 1. The molecule has 3 heterocycles. The lowest BCUT2D eigenvalue weighted by Gasteiger charge is -2.16. The van der Waals surface area contributed by atoms with Crippen molar-refractivity contribution in [3.63, 3.8) is 0 Å². The molecule has 9 heteroatoms. The fourth-order valence-corrected chi connectivity index (χ4v) is 3.54. The number of halogens is 1. The van der Waals surface area contributed by atoms with Crippen LogP contribution in [-0.4, -0.2) is 32.2 Å². The molecule has 0 aliphatic rings.